The predicted octanol–water partition coefficient (Wildman–Crippen LogP) is 4.92. The summed E-state index contributed by atoms with van der Waals surface area (Å²) in [5.41, 5.74) is 3.97. The van der Waals surface area contributed by atoms with Crippen LogP contribution in [-0.2, 0) is 0 Å². The van der Waals surface area contributed by atoms with Crippen LogP contribution in [0.5, 0.6) is 5.75 Å². The van der Waals surface area contributed by atoms with Crippen molar-refractivity contribution < 1.29 is 13.9 Å². The van der Waals surface area contributed by atoms with Crippen molar-refractivity contribution in [2.45, 2.75) is 6.92 Å². The number of halogens is 1. The van der Waals surface area contributed by atoms with Gasteiger partial charge in [-0.1, -0.05) is 35.9 Å². The number of hydrogen-bond acceptors (Lipinski definition) is 3. The molecule has 4 rings (SSSR count). The molecule has 5 heteroatoms. The highest BCUT2D eigenvalue weighted by molar-refractivity contribution is 6.16. The lowest BCUT2D eigenvalue weighted by atomic mass is 10.00. The minimum atomic E-state index is -0.665. The van der Waals surface area contributed by atoms with Crippen LogP contribution in [0.4, 0.5) is 4.39 Å². The summed E-state index contributed by atoms with van der Waals surface area (Å²) < 4.78 is 19.5. The van der Waals surface area contributed by atoms with Crippen LogP contribution >= 0.6 is 0 Å². The second-order valence-corrected chi connectivity index (χ2v) is 6.34. The zero-order valence-electron chi connectivity index (χ0n) is 14.9. The highest BCUT2D eigenvalue weighted by Gasteiger charge is 2.20. The van der Waals surface area contributed by atoms with E-state index in [-0.39, 0.29) is 11.3 Å². The first-order chi connectivity index (χ1) is 13.1. The van der Waals surface area contributed by atoms with E-state index in [0.717, 1.165) is 16.7 Å². The second kappa shape index (κ2) is 6.68. The van der Waals surface area contributed by atoms with Crippen LogP contribution in [-0.4, -0.2) is 22.9 Å². The van der Waals surface area contributed by atoms with Gasteiger partial charge in [-0.15, -0.1) is 0 Å². The van der Waals surface area contributed by atoms with Gasteiger partial charge in [0.05, 0.1) is 12.7 Å². The summed E-state index contributed by atoms with van der Waals surface area (Å²) in [6, 6.07) is 14.5. The van der Waals surface area contributed by atoms with E-state index in [4.69, 9.17) is 4.74 Å². The van der Waals surface area contributed by atoms with Crippen LogP contribution in [0.25, 0.3) is 22.2 Å². The van der Waals surface area contributed by atoms with Crippen LogP contribution in [0.2, 0.25) is 0 Å². The van der Waals surface area contributed by atoms with E-state index in [1.165, 1.54) is 19.2 Å². The summed E-state index contributed by atoms with van der Waals surface area (Å²) in [5, 5.41) is 0.654. The first-order valence-electron chi connectivity index (χ1n) is 8.50. The molecule has 0 aliphatic rings. The third-order valence-corrected chi connectivity index (χ3v) is 4.55. The van der Waals surface area contributed by atoms with Crippen molar-refractivity contribution in [3.05, 3.63) is 83.4 Å². The number of hydrogen-bond donors (Lipinski definition) is 1. The third-order valence-electron chi connectivity index (χ3n) is 4.55. The third kappa shape index (κ3) is 2.97. The molecule has 4 aromatic rings. The average molecular weight is 360 g/mol. The predicted molar refractivity (Wildman–Crippen MR) is 103 cm³/mol. The monoisotopic (exact) mass is 360 g/mol. The van der Waals surface area contributed by atoms with Crippen LogP contribution < -0.4 is 4.74 Å². The number of aromatic nitrogens is 2. The van der Waals surface area contributed by atoms with Crippen molar-refractivity contribution in [3.63, 3.8) is 0 Å². The van der Waals surface area contributed by atoms with Gasteiger partial charge in [0.1, 0.15) is 5.65 Å². The topological polar surface area (TPSA) is 55.0 Å². The smallest absolute Gasteiger partial charge is 0.198 e. The van der Waals surface area contributed by atoms with Crippen molar-refractivity contribution in [1.82, 2.24) is 9.97 Å². The van der Waals surface area contributed by atoms with Crippen molar-refractivity contribution in [2.75, 3.05) is 7.11 Å². The molecule has 0 aliphatic carbocycles. The van der Waals surface area contributed by atoms with Crippen LogP contribution in [0, 0.1) is 12.7 Å². The number of carbonyl (C=O) groups excluding carboxylic acids is 1. The molecule has 2 aromatic heterocycles. The number of aromatic amines is 1. The minimum Gasteiger partial charge on any atom is -0.494 e. The molecule has 0 bridgehead atoms. The second-order valence-electron chi connectivity index (χ2n) is 6.34. The van der Waals surface area contributed by atoms with Crippen LogP contribution in [0.3, 0.4) is 0 Å². The van der Waals surface area contributed by atoms with Gasteiger partial charge < -0.3 is 9.72 Å². The van der Waals surface area contributed by atoms with E-state index in [9.17, 15) is 9.18 Å². The van der Waals surface area contributed by atoms with E-state index in [1.807, 2.05) is 31.2 Å². The molecule has 0 unspecified atom stereocenters. The first kappa shape index (κ1) is 17.0. The molecule has 0 radical (unpaired) electrons. The Hall–Kier alpha value is -3.47. The van der Waals surface area contributed by atoms with E-state index in [1.54, 1.807) is 18.5 Å². The maximum atomic E-state index is 14.5. The number of H-pyrrole nitrogens is 1. The lowest BCUT2D eigenvalue weighted by Crippen LogP contribution is -2.05. The Kier molecular flexibility index (Phi) is 4.20. The number of aryl methyl sites for hydroxylation is 1. The first-order valence-corrected chi connectivity index (χ1v) is 8.50. The molecule has 27 heavy (non-hydrogen) atoms. The molecule has 0 saturated heterocycles. The standard InChI is InChI=1S/C22H17FN2O2/c1-13-5-3-6-14(9-13)15-10-17-18(12-25-22(17)24-11-15)21(26)16-7-4-8-19(27-2)20(16)23/h3-12H,1-2H3,(H,24,25). The Bertz CT molecular complexity index is 1160. The fourth-order valence-corrected chi connectivity index (χ4v) is 3.16. The maximum Gasteiger partial charge on any atom is 0.198 e. The Morgan fingerprint density at radius 2 is 1.89 bits per heavy atom. The quantitative estimate of drug-likeness (QED) is 0.526. The van der Waals surface area contributed by atoms with Crippen LogP contribution in [0.1, 0.15) is 21.5 Å². The fourth-order valence-electron chi connectivity index (χ4n) is 3.16. The summed E-state index contributed by atoms with van der Waals surface area (Å²) >= 11 is 0. The molecule has 1 N–H and O–H groups in total. The van der Waals surface area contributed by atoms with Crippen molar-refractivity contribution in [2.24, 2.45) is 0 Å². The zero-order chi connectivity index (χ0) is 19.0. The number of nitrogens with one attached hydrogen (secondary N) is 1. The number of ketones is 1. The number of benzene rings is 2. The fraction of sp³-hybridized carbons (Fsp3) is 0.0909. The van der Waals surface area contributed by atoms with Gasteiger partial charge in [-0.25, -0.2) is 9.37 Å². The number of pyridine rings is 1. The Morgan fingerprint density at radius 3 is 2.67 bits per heavy atom. The van der Waals surface area contributed by atoms with E-state index < -0.39 is 11.6 Å². The van der Waals surface area contributed by atoms with Crippen molar-refractivity contribution in [3.8, 4) is 16.9 Å². The molecule has 0 amide bonds. The van der Waals surface area contributed by atoms with Crippen molar-refractivity contribution in [1.29, 1.82) is 0 Å². The van der Waals surface area contributed by atoms with Gasteiger partial charge in [0.2, 0.25) is 0 Å². The van der Waals surface area contributed by atoms with E-state index in [2.05, 4.69) is 16.0 Å². The summed E-state index contributed by atoms with van der Waals surface area (Å²) in [6.45, 7) is 2.02. The molecule has 4 nitrogen and oxygen atoms in total. The van der Waals surface area contributed by atoms with Gasteiger partial charge in [-0.2, -0.15) is 0 Å². The Balaban J connectivity index is 1.83. The zero-order valence-corrected chi connectivity index (χ0v) is 14.9. The molecule has 0 saturated carbocycles. The normalized spacial score (nSPS) is 10.9. The summed E-state index contributed by atoms with van der Waals surface area (Å²) in [4.78, 5) is 20.4. The molecule has 134 valence electrons. The lowest BCUT2D eigenvalue weighted by molar-refractivity contribution is 0.103. The SMILES string of the molecule is COc1cccc(C(=O)c2c[nH]c3ncc(-c4cccc(C)c4)cc23)c1F. The molecule has 2 heterocycles. The molecule has 0 fully saturated rings. The Morgan fingerprint density at radius 1 is 1.07 bits per heavy atom. The molecule has 0 aliphatic heterocycles. The number of nitrogens with zero attached hydrogens (tertiary/aromatic N) is 1. The summed E-state index contributed by atoms with van der Waals surface area (Å²) in [7, 11) is 1.37. The van der Waals surface area contributed by atoms with E-state index in [0.29, 0.717) is 16.6 Å². The van der Waals surface area contributed by atoms with Crippen LogP contribution in [0.15, 0.2) is 60.9 Å². The van der Waals surface area contributed by atoms with E-state index >= 15 is 0 Å². The highest BCUT2D eigenvalue weighted by atomic mass is 19.1. The van der Waals surface area contributed by atoms with Gasteiger partial charge >= 0.3 is 0 Å². The number of rotatable bonds is 4. The van der Waals surface area contributed by atoms with Gasteiger partial charge in [0.25, 0.3) is 0 Å². The maximum absolute atomic E-state index is 14.5. The summed E-state index contributed by atoms with van der Waals surface area (Å²) in [6.07, 6.45) is 3.33. The van der Waals surface area contributed by atoms with Gasteiger partial charge in [-0.3, -0.25) is 4.79 Å². The van der Waals surface area contributed by atoms with Crippen molar-refractivity contribution >= 4 is 16.8 Å². The van der Waals surface area contributed by atoms with Gasteiger partial charge in [0, 0.05) is 28.9 Å². The molecule has 0 atom stereocenters. The largest absolute Gasteiger partial charge is 0.494 e. The minimum absolute atomic E-state index is 0.0313. The number of fused-ring (bicyclic) bond motifs is 1. The average Bonchev–Trinajstić information content (AvgIpc) is 3.11. The number of ether oxygens (including phenoxy) is 1. The summed E-state index contributed by atoms with van der Waals surface area (Å²) in [5.74, 6) is -1.04. The molecule has 0 spiro atoms. The molecular weight excluding hydrogens is 343 g/mol. The molecular formula is C22H17FN2O2. The number of carbonyl (C=O) groups is 1. The number of methoxy groups -OCH3 is 1. The highest BCUT2D eigenvalue weighted by Crippen LogP contribution is 2.28. The Labute approximate surface area is 155 Å². The molecule has 2 aromatic carbocycles. The lowest BCUT2D eigenvalue weighted by Gasteiger charge is -2.07. The van der Waals surface area contributed by atoms with Gasteiger partial charge in [0.15, 0.2) is 17.3 Å². The van der Waals surface area contributed by atoms with Gasteiger partial charge in [-0.05, 0) is 30.7 Å².